The van der Waals surface area contributed by atoms with Crippen LogP contribution in [0.4, 0.5) is 4.79 Å². The number of hydrogen-bond donors (Lipinski definition) is 1. The molecule has 2 fully saturated rings. The van der Waals surface area contributed by atoms with Gasteiger partial charge < -0.3 is 14.6 Å². The monoisotopic (exact) mass is 445 g/mol. The van der Waals surface area contributed by atoms with Crippen molar-refractivity contribution in [2.24, 2.45) is 0 Å². The molecule has 0 atom stereocenters. The minimum atomic E-state index is -0.837. The fraction of sp³-hybridized carbons (Fsp3) is 0.476. The van der Waals surface area contributed by atoms with Gasteiger partial charge in [-0.05, 0) is 38.8 Å². The van der Waals surface area contributed by atoms with Crippen LogP contribution in [0.5, 0.6) is 0 Å². The molecule has 1 N–H and O–H groups in total. The Morgan fingerprint density at radius 2 is 1.97 bits per heavy atom. The van der Waals surface area contributed by atoms with E-state index in [1.54, 1.807) is 18.2 Å². The van der Waals surface area contributed by atoms with Crippen molar-refractivity contribution in [3.63, 3.8) is 0 Å². The van der Waals surface area contributed by atoms with Crippen LogP contribution in [0.3, 0.4) is 0 Å². The molecule has 10 heteroatoms. The van der Waals surface area contributed by atoms with Crippen LogP contribution in [-0.2, 0) is 16.1 Å². The van der Waals surface area contributed by atoms with Crippen LogP contribution in [0.15, 0.2) is 28.7 Å². The Balaban J connectivity index is 1.47. The van der Waals surface area contributed by atoms with Crippen LogP contribution in [0, 0.1) is 0 Å². The zero-order valence-corrected chi connectivity index (χ0v) is 18.2. The molecule has 1 aliphatic carbocycles. The van der Waals surface area contributed by atoms with Gasteiger partial charge in [-0.25, -0.2) is 4.79 Å². The van der Waals surface area contributed by atoms with Gasteiger partial charge in [0.15, 0.2) is 0 Å². The number of carbonyl (C=O) groups excluding carboxylic acids is 3. The number of benzene rings is 1. The molecule has 1 aromatic heterocycles. The number of nitrogens with zero attached hydrogens (tertiary/aromatic N) is 4. The summed E-state index contributed by atoms with van der Waals surface area (Å²) in [5.74, 6) is -0.188. The number of urea groups is 1. The summed E-state index contributed by atoms with van der Waals surface area (Å²) < 4.78 is 5.71. The van der Waals surface area contributed by atoms with Crippen molar-refractivity contribution < 1.29 is 18.8 Å². The first kappa shape index (κ1) is 21.3. The molecule has 0 unspecified atom stereocenters. The third-order valence-corrected chi connectivity index (χ3v) is 6.15. The average Bonchev–Trinajstić information content (AvgIpc) is 3.44. The molecule has 1 aliphatic heterocycles. The minimum absolute atomic E-state index is 0.0583. The second kappa shape index (κ2) is 8.30. The molecule has 4 amide bonds. The van der Waals surface area contributed by atoms with E-state index in [0.29, 0.717) is 23.4 Å². The van der Waals surface area contributed by atoms with Crippen LogP contribution in [-0.4, -0.2) is 56.0 Å². The molecule has 9 nitrogen and oxygen atoms in total. The molecule has 2 heterocycles. The molecule has 1 aromatic carbocycles. The van der Waals surface area contributed by atoms with Gasteiger partial charge in [0, 0.05) is 6.04 Å². The molecule has 4 rings (SSSR count). The number of carbonyl (C=O) groups is 3. The SMILES string of the molecule is CC(C)N(Cc1nnc(-c2ccccc2Cl)o1)C(=O)CN1C(=O)NC2(CCCC2)C1=O. The minimum Gasteiger partial charge on any atom is -0.419 e. The molecule has 2 aliphatic rings. The van der Waals surface area contributed by atoms with E-state index < -0.39 is 11.6 Å². The third kappa shape index (κ3) is 4.01. The molecule has 1 saturated heterocycles. The summed E-state index contributed by atoms with van der Waals surface area (Å²) in [6.45, 7) is 3.42. The number of rotatable bonds is 6. The van der Waals surface area contributed by atoms with E-state index in [-0.39, 0.29) is 42.7 Å². The maximum atomic E-state index is 13.0. The fourth-order valence-electron chi connectivity index (χ4n) is 4.13. The van der Waals surface area contributed by atoms with Gasteiger partial charge in [-0.2, -0.15) is 0 Å². The number of aromatic nitrogens is 2. The van der Waals surface area contributed by atoms with E-state index in [0.717, 1.165) is 17.7 Å². The average molecular weight is 446 g/mol. The fourth-order valence-corrected chi connectivity index (χ4v) is 4.35. The maximum absolute atomic E-state index is 13.0. The zero-order valence-electron chi connectivity index (χ0n) is 17.4. The van der Waals surface area contributed by atoms with Crippen LogP contribution < -0.4 is 5.32 Å². The first-order valence-corrected chi connectivity index (χ1v) is 10.7. The molecular formula is C21H24ClN5O4. The van der Waals surface area contributed by atoms with Gasteiger partial charge in [0.2, 0.25) is 17.7 Å². The van der Waals surface area contributed by atoms with Crippen molar-refractivity contribution in [2.45, 2.75) is 57.7 Å². The molecule has 0 bridgehead atoms. The predicted molar refractivity (Wildman–Crippen MR) is 112 cm³/mol. The highest BCUT2D eigenvalue weighted by Crippen LogP contribution is 2.35. The zero-order chi connectivity index (χ0) is 22.2. The van der Waals surface area contributed by atoms with Crippen LogP contribution in [0.2, 0.25) is 5.02 Å². The standard InChI is InChI=1S/C21H24ClN5O4/c1-13(2)26(11-16-24-25-18(31-16)14-7-3-4-8-15(14)22)17(28)12-27-19(29)21(23-20(27)30)9-5-6-10-21/h3-4,7-8,13H,5-6,9-12H2,1-2H3,(H,23,30). The summed E-state index contributed by atoms with van der Waals surface area (Å²) in [5.41, 5.74) is -0.234. The molecule has 1 spiro atoms. The van der Waals surface area contributed by atoms with E-state index in [1.165, 1.54) is 4.90 Å². The van der Waals surface area contributed by atoms with Crippen LogP contribution in [0.1, 0.15) is 45.4 Å². The van der Waals surface area contributed by atoms with E-state index in [1.807, 2.05) is 19.9 Å². The molecule has 2 aromatic rings. The number of nitrogens with one attached hydrogen (secondary N) is 1. The highest BCUT2D eigenvalue weighted by atomic mass is 35.5. The van der Waals surface area contributed by atoms with E-state index in [4.69, 9.17) is 16.0 Å². The maximum Gasteiger partial charge on any atom is 0.325 e. The molecule has 164 valence electrons. The first-order valence-electron chi connectivity index (χ1n) is 10.3. The van der Waals surface area contributed by atoms with Crippen molar-refractivity contribution >= 4 is 29.4 Å². The highest BCUT2D eigenvalue weighted by Gasteiger charge is 2.52. The lowest BCUT2D eigenvalue weighted by atomic mass is 9.98. The van der Waals surface area contributed by atoms with E-state index in [9.17, 15) is 14.4 Å². The second-order valence-electron chi connectivity index (χ2n) is 8.21. The Hall–Kier alpha value is -2.94. The van der Waals surface area contributed by atoms with Crippen molar-refractivity contribution in [3.8, 4) is 11.5 Å². The Kier molecular flexibility index (Phi) is 5.70. The van der Waals surface area contributed by atoms with Gasteiger partial charge in [-0.15, -0.1) is 10.2 Å². The van der Waals surface area contributed by atoms with Gasteiger partial charge in [0.05, 0.1) is 17.1 Å². The smallest absolute Gasteiger partial charge is 0.325 e. The number of hydrogen-bond acceptors (Lipinski definition) is 6. The lowest BCUT2D eigenvalue weighted by Crippen LogP contribution is -2.47. The first-order chi connectivity index (χ1) is 14.8. The summed E-state index contributed by atoms with van der Waals surface area (Å²) in [7, 11) is 0. The number of amides is 4. The van der Waals surface area contributed by atoms with Crippen molar-refractivity contribution in [1.82, 2.24) is 25.3 Å². The summed E-state index contributed by atoms with van der Waals surface area (Å²) >= 11 is 6.18. The Labute approximate surface area is 184 Å². The molecular weight excluding hydrogens is 422 g/mol. The van der Waals surface area contributed by atoms with Gasteiger partial charge in [0.1, 0.15) is 12.1 Å². The number of imide groups is 1. The summed E-state index contributed by atoms with van der Waals surface area (Å²) in [4.78, 5) is 40.8. The Bertz CT molecular complexity index is 1010. The summed E-state index contributed by atoms with van der Waals surface area (Å²) in [6, 6.07) is 6.38. The molecule has 1 saturated carbocycles. The van der Waals surface area contributed by atoms with Crippen LogP contribution in [0.25, 0.3) is 11.5 Å². The van der Waals surface area contributed by atoms with Crippen molar-refractivity contribution in [2.75, 3.05) is 6.54 Å². The van der Waals surface area contributed by atoms with Gasteiger partial charge in [-0.1, -0.05) is 36.6 Å². The lowest BCUT2D eigenvalue weighted by molar-refractivity contribution is -0.140. The summed E-state index contributed by atoms with van der Waals surface area (Å²) in [6.07, 6.45) is 3.00. The van der Waals surface area contributed by atoms with E-state index in [2.05, 4.69) is 15.5 Å². The lowest BCUT2D eigenvalue weighted by Gasteiger charge is -2.27. The normalized spacial score (nSPS) is 17.6. The second-order valence-corrected chi connectivity index (χ2v) is 8.61. The Morgan fingerprint density at radius 3 is 2.65 bits per heavy atom. The predicted octanol–water partition coefficient (Wildman–Crippen LogP) is 2.99. The molecule has 0 radical (unpaired) electrons. The topological polar surface area (TPSA) is 109 Å². The Morgan fingerprint density at radius 1 is 1.26 bits per heavy atom. The third-order valence-electron chi connectivity index (χ3n) is 5.82. The van der Waals surface area contributed by atoms with Gasteiger partial charge >= 0.3 is 6.03 Å². The highest BCUT2D eigenvalue weighted by molar-refractivity contribution is 6.33. The van der Waals surface area contributed by atoms with Crippen molar-refractivity contribution in [1.29, 1.82) is 0 Å². The summed E-state index contributed by atoms with van der Waals surface area (Å²) in [5, 5.41) is 11.3. The number of halogens is 1. The van der Waals surface area contributed by atoms with Gasteiger partial charge in [-0.3, -0.25) is 14.5 Å². The van der Waals surface area contributed by atoms with E-state index >= 15 is 0 Å². The molecule has 31 heavy (non-hydrogen) atoms. The van der Waals surface area contributed by atoms with Gasteiger partial charge in [0.25, 0.3) is 5.91 Å². The largest absolute Gasteiger partial charge is 0.419 e. The van der Waals surface area contributed by atoms with Crippen LogP contribution >= 0.6 is 11.6 Å². The van der Waals surface area contributed by atoms with Crippen molar-refractivity contribution in [3.05, 3.63) is 35.2 Å². The quantitative estimate of drug-likeness (QED) is 0.684.